The van der Waals surface area contributed by atoms with Crippen LogP contribution in [0.5, 0.6) is 0 Å². The predicted molar refractivity (Wildman–Crippen MR) is 43.8 cm³/mol. The number of oxazole rings is 1. The average Bonchev–Trinajstić information content (AvgIpc) is 2.43. The zero-order chi connectivity index (χ0) is 8.55. The molecule has 0 amide bonds. The fourth-order valence-electron chi connectivity index (χ4n) is 1.04. The number of carbonyl (C=O) groups is 1. The van der Waals surface area contributed by atoms with Crippen LogP contribution in [0, 0.1) is 0 Å². The van der Waals surface area contributed by atoms with Gasteiger partial charge in [0.1, 0.15) is 11.8 Å². The number of benzene rings is 1. The van der Waals surface area contributed by atoms with Crippen molar-refractivity contribution in [3.63, 3.8) is 0 Å². The summed E-state index contributed by atoms with van der Waals surface area (Å²) in [7, 11) is 0. The molecule has 0 unspecified atom stereocenters. The molecule has 4 nitrogen and oxygen atoms in total. The van der Waals surface area contributed by atoms with Crippen LogP contribution in [-0.2, 0) is 0 Å². The van der Waals surface area contributed by atoms with Crippen LogP contribution in [0.25, 0.3) is 11.1 Å². The number of hydrogen-bond acceptors (Lipinski definition) is 4. The lowest BCUT2D eigenvalue weighted by molar-refractivity contribution is 0.112. The SMILES string of the molecule is Nc1nc2cc(C=O)ccc2o1. The van der Waals surface area contributed by atoms with Crippen LogP contribution in [0.1, 0.15) is 10.4 Å². The van der Waals surface area contributed by atoms with Gasteiger partial charge in [0.2, 0.25) is 0 Å². The van der Waals surface area contributed by atoms with Gasteiger partial charge in [-0.05, 0) is 18.2 Å². The molecule has 0 aliphatic carbocycles. The molecule has 12 heavy (non-hydrogen) atoms. The Balaban J connectivity index is 2.74. The van der Waals surface area contributed by atoms with E-state index in [4.69, 9.17) is 10.2 Å². The summed E-state index contributed by atoms with van der Waals surface area (Å²) in [6.07, 6.45) is 0.754. The summed E-state index contributed by atoms with van der Waals surface area (Å²) in [5.41, 5.74) is 7.09. The summed E-state index contributed by atoms with van der Waals surface area (Å²) in [6.45, 7) is 0. The van der Waals surface area contributed by atoms with E-state index >= 15 is 0 Å². The number of carbonyl (C=O) groups excluding carboxylic acids is 1. The monoisotopic (exact) mass is 162 g/mol. The van der Waals surface area contributed by atoms with Crippen LogP contribution in [-0.4, -0.2) is 11.3 Å². The van der Waals surface area contributed by atoms with Crippen molar-refractivity contribution < 1.29 is 9.21 Å². The Morgan fingerprint density at radius 1 is 1.50 bits per heavy atom. The van der Waals surface area contributed by atoms with Crippen molar-refractivity contribution in [3.8, 4) is 0 Å². The molecule has 1 aromatic carbocycles. The van der Waals surface area contributed by atoms with E-state index in [9.17, 15) is 4.79 Å². The lowest BCUT2D eigenvalue weighted by atomic mass is 10.2. The zero-order valence-corrected chi connectivity index (χ0v) is 6.15. The fraction of sp³-hybridized carbons (Fsp3) is 0. The van der Waals surface area contributed by atoms with Gasteiger partial charge in [0, 0.05) is 5.56 Å². The van der Waals surface area contributed by atoms with Gasteiger partial charge in [-0.2, -0.15) is 4.98 Å². The van der Waals surface area contributed by atoms with Crippen molar-refractivity contribution in [2.75, 3.05) is 5.73 Å². The quantitative estimate of drug-likeness (QED) is 0.640. The second kappa shape index (κ2) is 2.34. The first kappa shape index (κ1) is 6.84. The number of nitrogens with zero attached hydrogens (tertiary/aromatic N) is 1. The molecule has 2 aromatic rings. The van der Waals surface area contributed by atoms with E-state index in [1.807, 2.05) is 0 Å². The Hall–Kier alpha value is -1.84. The van der Waals surface area contributed by atoms with Gasteiger partial charge in [-0.1, -0.05) is 0 Å². The molecular formula is C8H6N2O2. The molecule has 0 spiro atoms. The van der Waals surface area contributed by atoms with Crippen molar-refractivity contribution >= 4 is 23.4 Å². The van der Waals surface area contributed by atoms with Gasteiger partial charge in [-0.25, -0.2) is 0 Å². The van der Waals surface area contributed by atoms with E-state index in [1.165, 1.54) is 0 Å². The third kappa shape index (κ3) is 0.934. The van der Waals surface area contributed by atoms with Crippen molar-refractivity contribution in [1.82, 2.24) is 4.98 Å². The third-order valence-electron chi connectivity index (χ3n) is 1.56. The molecule has 1 aromatic heterocycles. The molecule has 0 aliphatic heterocycles. The number of fused-ring (bicyclic) bond motifs is 1. The molecule has 0 saturated carbocycles. The smallest absolute Gasteiger partial charge is 0.292 e. The molecule has 1 heterocycles. The normalized spacial score (nSPS) is 10.3. The van der Waals surface area contributed by atoms with Crippen LogP contribution in [0.15, 0.2) is 22.6 Å². The number of aromatic nitrogens is 1. The summed E-state index contributed by atoms with van der Waals surface area (Å²) in [5, 5.41) is 0. The van der Waals surface area contributed by atoms with E-state index in [-0.39, 0.29) is 6.01 Å². The van der Waals surface area contributed by atoms with E-state index in [0.29, 0.717) is 16.7 Å². The van der Waals surface area contributed by atoms with Crippen LogP contribution >= 0.6 is 0 Å². The maximum absolute atomic E-state index is 10.4. The number of nitrogens with two attached hydrogens (primary N) is 1. The summed E-state index contributed by atoms with van der Waals surface area (Å²) >= 11 is 0. The highest BCUT2D eigenvalue weighted by Crippen LogP contribution is 2.17. The molecule has 0 saturated heterocycles. The molecule has 0 bridgehead atoms. The third-order valence-corrected chi connectivity index (χ3v) is 1.56. The Labute approximate surface area is 68.0 Å². The van der Waals surface area contributed by atoms with E-state index in [0.717, 1.165) is 6.29 Å². The molecule has 60 valence electrons. The minimum Gasteiger partial charge on any atom is -0.424 e. The van der Waals surface area contributed by atoms with Gasteiger partial charge in [0.05, 0.1) is 0 Å². The Bertz CT molecular complexity index is 434. The first-order valence-electron chi connectivity index (χ1n) is 3.41. The largest absolute Gasteiger partial charge is 0.424 e. The Kier molecular flexibility index (Phi) is 1.33. The van der Waals surface area contributed by atoms with E-state index < -0.39 is 0 Å². The summed E-state index contributed by atoms with van der Waals surface area (Å²) in [5.74, 6) is 0. The summed E-state index contributed by atoms with van der Waals surface area (Å²) in [4.78, 5) is 14.2. The summed E-state index contributed by atoms with van der Waals surface area (Å²) < 4.78 is 5.02. The van der Waals surface area contributed by atoms with Gasteiger partial charge in [-0.15, -0.1) is 0 Å². The second-order valence-electron chi connectivity index (χ2n) is 2.40. The molecule has 4 heteroatoms. The van der Waals surface area contributed by atoms with Crippen LogP contribution in [0.4, 0.5) is 6.01 Å². The number of nitrogen functional groups attached to an aromatic ring is 1. The van der Waals surface area contributed by atoms with Gasteiger partial charge < -0.3 is 10.2 Å². The Morgan fingerprint density at radius 2 is 2.33 bits per heavy atom. The number of anilines is 1. The topological polar surface area (TPSA) is 69.1 Å². The van der Waals surface area contributed by atoms with Crippen molar-refractivity contribution in [2.45, 2.75) is 0 Å². The highest BCUT2D eigenvalue weighted by Gasteiger charge is 2.02. The van der Waals surface area contributed by atoms with Crippen molar-refractivity contribution in [1.29, 1.82) is 0 Å². The van der Waals surface area contributed by atoms with Crippen LogP contribution < -0.4 is 5.73 Å². The predicted octanol–water partition coefficient (Wildman–Crippen LogP) is 1.22. The standard InChI is InChI=1S/C8H6N2O2/c9-8-10-6-3-5(4-11)1-2-7(6)12-8/h1-4H,(H2,9,10). The fourth-order valence-corrected chi connectivity index (χ4v) is 1.04. The minimum absolute atomic E-state index is 0.119. The zero-order valence-electron chi connectivity index (χ0n) is 6.15. The van der Waals surface area contributed by atoms with Gasteiger partial charge in [0.15, 0.2) is 5.58 Å². The second-order valence-corrected chi connectivity index (χ2v) is 2.40. The number of rotatable bonds is 1. The molecule has 0 atom stereocenters. The van der Waals surface area contributed by atoms with Crippen LogP contribution in [0.2, 0.25) is 0 Å². The van der Waals surface area contributed by atoms with Crippen molar-refractivity contribution in [2.24, 2.45) is 0 Å². The molecule has 0 radical (unpaired) electrons. The number of aldehydes is 1. The highest BCUT2D eigenvalue weighted by atomic mass is 16.4. The maximum atomic E-state index is 10.4. The first-order valence-corrected chi connectivity index (χ1v) is 3.41. The minimum atomic E-state index is 0.119. The lowest BCUT2D eigenvalue weighted by Crippen LogP contribution is -1.81. The van der Waals surface area contributed by atoms with E-state index in [2.05, 4.69) is 4.98 Å². The van der Waals surface area contributed by atoms with Gasteiger partial charge >= 0.3 is 0 Å². The molecule has 2 rings (SSSR count). The Morgan fingerprint density at radius 3 is 3.08 bits per heavy atom. The molecular weight excluding hydrogens is 156 g/mol. The van der Waals surface area contributed by atoms with Gasteiger partial charge in [-0.3, -0.25) is 4.79 Å². The van der Waals surface area contributed by atoms with Gasteiger partial charge in [0.25, 0.3) is 6.01 Å². The van der Waals surface area contributed by atoms with Crippen LogP contribution in [0.3, 0.4) is 0 Å². The lowest BCUT2D eigenvalue weighted by Gasteiger charge is -1.86. The van der Waals surface area contributed by atoms with E-state index in [1.54, 1.807) is 18.2 Å². The molecule has 0 fully saturated rings. The molecule has 0 aliphatic rings. The first-order chi connectivity index (χ1) is 5.79. The average molecular weight is 162 g/mol. The van der Waals surface area contributed by atoms with Crippen molar-refractivity contribution in [3.05, 3.63) is 23.8 Å². The molecule has 2 N–H and O–H groups in total. The highest BCUT2D eigenvalue weighted by molar-refractivity contribution is 5.84. The summed E-state index contributed by atoms with van der Waals surface area (Å²) in [6, 6.07) is 5.07. The maximum Gasteiger partial charge on any atom is 0.292 e. The number of hydrogen-bond donors (Lipinski definition) is 1.